The minimum atomic E-state index is -0.600. The number of carbonyl (C=O) groups is 2. The average molecular weight is 433 g/mol. The number of aliphatic hydroxyl groups is 1. The minimum Gasteiger partial charge on any atom is -0.444 e. The van der Waals surface area contributed by atoms with Crippen molar-refractivity contribution in [2.24, 2.45) is 5.92 Å². The maximum atomic E-state index is 12.7. The second-order valence-electron chi connectivity index (χ2n) is 9.44. The second kappa shape index (κ2) is 13.7. The quantitative estimate of drug-likeness (QED) is 0.433. The van der Waals surface area contributed by atoms with Crippen LogP contribution in [-0.2, 0) is 9.47 Å². The Kier molecular flexibility index (Phi) is 12.9. The van der Waals surface area contributed by atoms with Gasteiger partial charge in [-0.25, -0.2) is 9.59 Å². The third-order valence-corrected chi connectivity index (χ3v) is 4.06. The van der Waals surface area contributed by atoms with Crippen molar-refractivity contribution in [1.82, 2.24) is 20.4 Å². The number of hydrogen-bond donors (Lipinski definition) is 3. The van der Waals surface area contributed by atoms with Crippen LogP contribution in [0.5, 0.6) is 0 Å². The predicted molar refractivity (Wildman–Crippen MR) is 119 cm³/mol. The monoisotopic (exact) mass is 432 g/mol. The molecule has 9 heteroatoms. The van der Waals surface area contributed by atoms with Crippen LogP contribution in [-0.4, -0.2) is 98.3 Å². The SMILES string of the molecule is CNCCN(CC(CCO)CN(CCNC)C(=O)OC(C)(C)C)C(=O)OC(C)(C)C. The molecule has 0 saturated carbocycles. The lowest BCUT2D eigenvalue weighted by Crippen LogP contribution is -2.47. The van der Waals surface area contributed by atoms with E-state index in [0.717, 1.165) is 0 Å². The molecule has 0 atom stereocenters. The van der Waals surface area contributed by atoms with Crippen LogP contribution in [0.2, 0.25) is 0 Å². The number of carbonyl (C=O) groups excluding carboxylic acids is 2. The first kappa shape index (κ1) is 28.4. The Morgan fingerprint density at radius 1 is 0.833 bits per heavy atom. The summed E-state index contributed by atoms with van der Waals surface area (Å²) in [6.07, 6.45) is -0.350. The summed E-state index contributed by atoms with van der Waals surface area (Å²) in [5.41, 5.74) is -1.20. The number of likely N-dealkylation sites (N-methyl/N-ethyl adjacent to an activating group) is 2. The molecule has 0 fully saturated rings. The highest BCUT2D eigenvalue weighted by Crippen LogP contribution is 2.16. The van der Waals surface area contributed by atoms with E-state index in [1.54, 1.807) is 9.80 Å². The molecule has 3 N–H and O–H groups in total. The lowest BCUT2D eigenvalue weighted by Gasteiger charge is -2.33. The first-order chi connectivity index (χ1) is 13.8. The normalized spacial score (nSPS) is 12.1. The van der Waals surface area contributed by atoms with Gasteiger partial charge in [-0.05, 0) is 68.0 Å². The van der Waals surface area contributed by atoms with Crippen LogP contribution >= 0.6 is 0 Å². The fourth-order valence-corrected chi connectivity index (χ4v) is 2.71. The lowest BCUT2D eigenvalue weighted by atomic mass is 10.0. The van der Waals surface area contributed by atoms with Crippen LogP contribution in [0.25, 0.3) is 0 Å². The van der Waals surface area contributed by atoms with Gasteiger partial charge in [0.1, 0.15) is 11.2 Å². The molecule has 0 heterocycles. The Balaban J connectivity index is 5.38. The Morgan fingerprint density at radius 3 is 1.47 bits per heavy atom. The van der Waals surface area contributed by atoms with Crippen molar-refractivity contribution < 1.29 is 24.2 Å². The molecule has 2 amide bonds. The summed E-state index contributed by atoms with van der Waals surface area (Å²) in [5, 5.41) is 15.7. The molecule has 0 unspecified atom stereocenters. The van der Waals surface area contributed by atoms with E-state index in [2.05, 4.69) is 10.6 Å². The summed E-state index contributed by atoms with van der Waals surface area (Å²) in [4.78, 5) is 28.6. The number of rotatable bonds is 12. The third-order valence-electron chi connectivity index (χ3n) is 4.06. The summed E-state index contributed by atoms with van der Waals surface area (Å²) >= 11 is 0. The smallest absolute Gasteiger partial charge is 0.410 e. The van der Waals surface area contributed by atoms with Crippen molar-refractivity contribution in [3.63, 3.8) is 0 Å². The molecule has 0 rings (SSSR count). The van der Waals surface area contributed by atoms with E-state index in [1.165, 1.54) is 0 Å². The van der Waals surface area contributed by atoms with Gasteiger partial charge in [-0.15, -0.1) is 0 Å². The topological polar surface area (TPSA) is 103 Å². The van der Waals surface area contributed by atoms with Crippen molar-refractivity contribution in [3.05, 3.63) is 0 Å². The maximum Gasteiger partial charge on any atom is 0.410 e. The van der Waals surface area contributed by atoms with E-state index >= 15 is 0 Å². The molecule has 0 radical (unpaired) electrons. The Morgan fingerprint density at radius 2 is 1.20 bits per heavy atom. The zero-order valence-electron chi connectivity index (χ0n) is 20.2. The molecule has 0 aliphatic rings. The van der Waals surface area contributed by atoms with E-state index in [0.29, 0.717) is 45.7 Å². The minimum absolute atomic E-state index is 0.0347. The highest BCUT2D eigenvalue weighted by molar-refractivity contribution is 5.69. The predicted octanol–water partition coefficient (Wildman–Crippen LogP) is 1.90. The number of aliphatic hydroxyl groups excluding tert-OH is 1. The molecule has 0 aromatic rings. The van der Waals surface area contributed by atoms with Crippen molar-refractivity contribution in [1.29, 1.82) is 0 Å². The molecule has 0 saturated heterocycles. The largest absolute Gasteiger partial charge is 0.444 e. The molecule has 0 spiro atoms. The zero-order chi connectivity index (χ0) is 23.4. The van der Waals surface area contributed by atoms with Crippen molar-refractivity contribution in [2.75, 3.05) is 60.0 Å². The summed E-state index contributed by atoms with van der Waals surface area (Å²) in [6, 6.07) is 0. The molecular weight excluding hydrogens is 388 g/mol. The molecule has 30 heavy (non-hydrogen) atoms. The van der Waals surface area contributed by atoms with Gasteiger partial charge < -0.3 is 35.0 Å². The number of amides is 2. The summed E-state index contributed by atoms with van der Waals surface area (Å²) in [7, 11) is 3.64. The second-order valence-corrected chi connectivity index (χ2v) is 9.44. The van der Waals surface area contributed by atoms with Crippen LogP contribution in [0, 0.1) is 5.92 Å². The molecule has 0 aromatic carbocycles. The average Bonchev–Trinajstić information content (AvgIpc) is 2.58. The summed E-state index contributed by atoms with van der Waals surface area (Å²) in [5.74, 6) is -0.122. The van der Waals surface area contributed by atoms with E-state index in [4.69, 9.17) is 9.47 Å². The van der Waals surface area contributed by atoms with E-state index < -0.39 is 23.4 Å². The molecule has 9 nitrogen and oxygen atoms in total. The van der Waals surface area contributed by atoms with Gasteiger partial charge in [-0.2, -0.15) is 0 Å². The van der Waals surface area contributed by atoms with Gasteiger partial charge >= 0.3 is 12.2 Å². The Bertz CT molecular complexity index is 461. The van der Waals surface area contributed by atoms with Gasteiger partial charge in [0.2, 0.25) is 0 Å². The molecule has 0 aliphatic heterocycles. The summed E-state index contributed by atoms with van der Waals surface area (Å²) < 4.78 is 11.1. The van der Waals surface area contributed by atoms with Gasteiger partial charge in [0.15, 0.2) is 0 Å². The summed E-state index contributed by atoms with van der Waals surface area (Å²) in [6.45, 7) is 13.8. The van der Waals surface area contributed by atoms with Gasteiger partial charge in [0.05, 0.1) is 0 Å². The highest BCUT2D eigenvalue weighted by Gasteiger charge is 2.28. The Hall–Kier alpha value is -1.58. The fourth-order valence-electron chi connectivity index (χ4n) is 2.71. The first-order valence-electron chi connectivity index (χ1n) is 10.7. The van der Waals surface area contributed by atoms with Crippen LogP contribution in [0.4, 0.5) is 9.59 Å². The van der Waals surface area contributed by atoms with Crippen molar-refractivity contribution >= 4 is 12.2 Å². The van der Waals surface area contributed by atoms with Crippen LogP contribution in [0.15, 0.2) is 0 Å². The molecule has 0 bridgehead atoms. The number of ether oxygens (including phenoxy) is 2. The van der Waals surface area contributed by atoms with Gasteiger partial charge in [-0.1, -0.05) is 0 Å². The van der Waals surface area contributed by atoms with Crippen LogP contribution in [0.3, 0.4) is 0 Å². The highest BCUT2D eigenvalue weighted by atomic mass is 16.6. The van der Waals surface area contributed by atoms with Crippen LogP contribution < -0.4 is 10.6 Å². The van der Waals surface area contributed by atoms with Gasteiger partial charge in [-0.3, -0.25) is 0 Å². The molecular formula is C21H44N4O5. The first-order valence-corrected chi connectivity index (χ1v) is 10.7. The molecule has 0 aliphatic carbocycles. The molecule has 0 aromatic heterocycles. The van der Waals surface area contributed by atoms with Crippen molar-refractivity contribution in [3.8, 4) is 0 Å². The molecule has 178 valence electrons. The number of hydrogen-bond acceptors (Lipinski definition) is 7. The lowest BCUT2D eigenvalue weighted by molar-refractivity contribution is 0.0135. The van der Waals surface area contributed by atoms with E-state index in [9.17, 15) is 14.7 Å². The Labute approximate surface area is 182 Å². The number of nitrogens with zero attached hydrogens (tertiary/aromatic N) is 2. The van der Waals surface area contributed by atoms with Gasteiger partial charge in [0, 0.05) is 45.9 Å². The fraction of sp³-hybridized carbons (Fsp3) is 0.905. The van der Waals surface area contributed by atoms with Crippen molar-refractivity contribution in [2.45, 2.75) is 59.2 Å². The zero-order valence-corrected chi connectivity index (χ0v) is 20.2. The van der Waals surface area contributed by atoms with Crippen LogP contribution in [0.1, 0.15) is 48.0 Å². The standard InChI is InChI=1S/C21H44N4O5/c1-20(2,3)29-18(27)24(12-10-22-7)15-17(9-14-26)16-25(13-11-23-8)19(28)30-21(4,5)6/h17,22-23,26H,9-16H2,1-8H3. The van der Waals surface area contributed by atoms with Gasteiger partial charge in [0.25, 0.3) is 0 Å². The van der Waals surface area contributed by atoms with E-state index in [1.807, 2.05) is 55.6 Å². The van der Waals surface area contributed by atoms with E-state index in [-0.39, 0.29) is 12.5 Å². The number of nitrogens with one attached hydrogen (secondary N) is 2. The third kappa shape index (κ3) is 13.6. The maximum absolute atomic E-state index is 12.7.